The van der Waals surface area contributed by atoms with Gasteiger partial charge in [-0.15, -0.1) is 0 Å². The highest BCUT2D eigenvalue weighted by Gasteiger charge is 2.50. The second-order valence-electron chi connectivity index (χ2n) is 11.5. The van der Waals surface area contributed by atoms with Crippen molar-refractivity contribution in [1.29, 1.82) is 0 Å². The number of carbonyl (C=O) groups excluding carboxylic acids is 2. The first-order chi connectivity index (χ1) is 21.2. The van der Waals surface area contributed by atoms with Crippen LogP contribution in [0.15, 0.2) is 60.0 Å². The van der Waals surface area contributed by atoms with Crippen molar-refractivity contribution in [3.05, 3.63) is 60.6 Å². The van der Waals surface area contributed by atoms with Crippen molar-refractivity contribution in [2.24, 2.45) is 27.8 Å². The van der Waals surface area contributed by atoms with Gasteiger partial charge in [0.15, 0.2) is 17.4 Å². The first kappa shape index (κ1) is 36.9. The van der Waals surface area contributed by atoms with Gasteiger partial charge < -0.3 is 36.1 Å². The van der Waals surface area contributed by atoms with Crippen molar-refractivity contribution in [1.82, 2.24) is 9.99 Å². The first-order valence-electron chi connectivity index (χ1n) is 14.4. The molecule has 0 bridgehead atoms. The van der Waals surface area contributed by atoms with E-state index in [1.807, 2.05) is 30.3 Å². The number of carbonyl (C=O) groups is 2. The van der Waals surface area contributed by atoms with Crippen LogP contribution in [0.25, 0.3) is 0 Å². The third-order valence-corrected chi connectivity index (χ3v) is 9.78. The maximum Gasteiger partial charge on any atom is 0.405 e. The van der Waals surface area contributed by atoms with Gasteiger partial charge >= 0.3 is 13.7 Å². The molecule has 250 valence electrons. The lowest BCUT2D eigenvalue weighted by Crippen LogP contribution is -2.46. The summed E-state index contributed by atoms with van der Waals surface area (Å²) in [7, 11) is -4.07. The summed E-state index contributed by atoms with van der Waals surface area (Å²) in [5.41, 5.74) is 11.6. The van der Waals surface area contributed by atoms with Crippen LogP contribution in [0.4, 0.5) is 0 Å². The fourth-order valence-corrected chi connectivity index (χ4v) is 6.31. The van der Waals surface area contributed by atoms with Crippen LogP contribution in [0.1, 0.15) is 33.3 Å². The van der Waals surface area contributed by atoms with Crippen LogP contribution in [0.5, 0.6) is 0 Å². The molecule has 6 atom stereocenters. The molecule has 1 aromatic rings. The smallest absolute Gasteiger partial charge is 0.405 e. The Hall–Kier alpha value is -2.59. The molecule has 1 fully saturated rings. The van der Waals surface area contributed by atoms with Crippen LogP contribution in [0, 0.1) is 11.3 Å². The van der Waals surface area contributed by atoms with Gasteiger partial charge in [-0.3, -0.25) is 18.6 Å². The Morgan fingerprint density at radius 3 is 2.58 bits per heavy atom. The second-order valence-corrected chi connectivity index (χ2v) is 14.4. The van der Waals surface area contributed by atoms with Gasteiger partial charge in [-0.25, -0.2) is 14.6 Å². The van der Waals surface area contributed by atoms with Gasteiger partial charge in [-0.05, 0) is 31.4 Å². The standard InChI is InChI=1S/C29H44N5O9PS/c1-18(2)23(31)27(37)43-25-21(42-26(24(25)36)34-12-11-22(30)33-19(34)3)16-41-44(39,32-15-20-9-7-6-8-10-20)40-13-14-45-28(38)29(4,5)17-35/h6-12,18,21,23-26,35-36H,3,13-17,31H2,1-2,4-5H3,(H2,30,33)(H,32,39)/t21-,23?,24?,25?,26+,44?/m0/s1. The van der Waals surface area contributed by atoms with E-state index in [4.69, 9.17) is 30.0 Å². The van der Waals surface area contributed by atoms with E-state index in [1.165, 1.54) is 17.2 Å². The van der Waals surface area contributed by atoms with E-state index in [9.17, 15) is 24.4 Å². The topological polar surface area (TPSA) is 208 Å². The number of aliphatic imine (C=N–C) groups is 1. The summed E-state index contributed by atoms with van der Waals surface area (Å²) >= 11 is 0.940. The quantitative estimate of drug-likeness (QED) is 0.0967. The van der Waals surface area contributed by atoms with Crippen LogP contribution in [0.2, 0.25) is 0 Å². The number of aliphatic hydroxyl groups is 2. The molecule has 3 rings (SSSR count). The molecule has 0 aromatic heterocycles. The molecule has 0 saturated carbocycles. The Bertz CT molecular complexity index is 1300. The number of amidine groups is 1. The molecule has 45 heavy (non-hydrogen) atoms. The Balaban J connectivity index is 1.77. The van der Waals surface area contributed by atoms with Gasteiger partial charge in [0.1, 0.15) is 29.9 Å². The minimum Gasteiger partial charge on any atom is -0.455 e. The minimum atomic E-state index is -4.07. The Kier molecular flexibility index (Phi) is 13.4. The zero-order valence-corrected chi connectivity index (χ0v) is 27.6. The van der Waals surface area contributed by atoms with Gasteiger partial charge in [0.2, 0.25) is 0 Å². The van der Waals surface area contributed by atoms with Crippen molar-refractivity contribution in [3.63, 3.8) is 0 Å². The largest absolute Gasteiger partial charge is 0.455 e. The van der Waals surface area contributed by atoms with E-state index < -0.39 is 56.3 Å². The first-order valence-corrected chi connectivity index (χ1v) is 17.0. The highest BCUT2D eigenvalue weighted by atomic mass is 32.2. The summed E-state index contributed by atoms with van der Waals surface area (Å²) in [4.78, 5) is 30.7. The Labute approximate surface area is 267 Å². The third-order valence-electron chi connectivity index (χ3n) is 7.04. The molecule has 1 saturated heterocycles. The monoisotopic (exact) mass is 669 g/mol. The molecule has 16 heteroatoms. The van der Waals surface area contributed by atoms with E-state index in [0.29, 0.717) is 0 Å². The fourth-order valence-electron chi connectivity index (χ4n) is 4.07. The van der Waals surface area contributed by atoms with Gasteiger partial charge in [0.25, 0.3) is 0 Å². The van der Waals surface area contributed by atoms with E-state index in [0.717, 1.165) is 17.3 Å². The molecule has 14 nitrogen and oxygen atoms in total. The average Bonchev–Trinajstić information content (AvgIpc) is 3.31. The Morgan fingerprint density at radius 1 is 1.27 bits per heavy atom. The number of nitrogens with two attached hydrogens (primary N) is 2. The van der Waals surface area contributed by atoms with Crippen molar-refractivity contribution in [2.75, 3.05) is 25.6 Å². The molecule has 0 aliphatic carbocycles. The molecule has 0 amide bonds. The zero-order valence-electron chi connectivity index (χ0n) is 25.9. The molecular weight excluding hydrogens is 625 g/mol. The summed E-state index contributed by atoms with van der Waals surface area (Å²) in [6, 6.07) is 8.17. The summed E-state index contributed by atoms with van der Waals surface area (Å²) < 4.78 is 37.1. The normalized spacial score (nSPS) is 24.0. The fraction of sp³-hybridized carbons (Fsp3) is 0.552. The second kappa shape index (κ2) is 16.3. The Morgan fingerprint density at radius 2 is 1.96 bits per heavy atom. The number of thioether (sulfide) groups is 1. The molecule has 1 aromatic carbocycles. The molecular formula is C29H44N5O9PS. The van der Waals surface area contributed by atoms with Crippen molar-refractivity contribution < 1.29 is 42.9 Å². The number of aliphatic hydroxyl groups excluding tert-OH is 2. The number of nitrogens with one attached hydrogen (secondary N) is 1. The summed E-state index contributed by atoms with van der Waals surface area (Å²) in [5.74, 6) is -0.471. The number of esters is 1. The maximum atomic E-state index is 13.9. The SMILES string of the molecule is C=C1N=C(N)C=CN1[C@@H]1O[C@@H](COP(=O)(NCc2ccccc2)OCCSC(=O)C(C)(C)CO)C(OC(=O)C(N)C(C)C)C1O. The van der Waals surface area contributed by atoms with Gasteiger partial charge in [0, 0.05) is 18.5 Å². The van der Waals surface area contributed by atoms with Crippen LogP contribution in [-0.2, 0) is 39.2 Å². The average molecular weight is 670 g/mol. The van der Waals surface area contributed by atoms with Gasteiger partial charge in [0.05, 0.1) is 25.2 Å². The number of rotatable bonds is 16. The van der Waals surface area contributed by atoms with Gasteiger partial charge in [-0.1, -0.05) is 62.5 Å². The lowest BCUT2D eigenvalue weighted by atomic mass is 9.97. The lowest BCUT2D eigenvalue weighted by Gasteiger charge is -2.30. The van der Waals surface area contributed by atoms with E-state index in [-0.39, 0.29) is 48.2 Å². The van der Waals surface area contributed by atoms with Crippen LogP contribution in [-0.4, -0.2) is 88.2 Å². The lowest BCUT2D eigenvalue weighted by molar-refractivity contribution is -0.159. The molecule has 2 aliphatic heterocycles. The van der Waals surface area contributed by atoms with Crippen molar-refractivity contribution in [2.45, 2.75) is 64.8 Å². The molecule has 0 radical (unpaired) electrons. The predicted octanol–water partition coefficient (Wildman–Crippen LogP) is 1.83. The van der Waals surface area contributed by atoms with Crippen LogP contribution >= 0.6 is 19.5 Å². The molecule has 0 spiro atoms. The summed E-state index contributed by atoms with van der Waals surface area (Å²) in [5, 5.41) is 23.3. The van der Waals surface area contributed by atoms with E-state index in [1.54, 1.807) is 27.7 Å². The number of hydrogen-bond donors (Lipinski definition) is 5. The highest BCUT2D eigenvalue weighted by molar-refractivity contribution is 8.13. The van der Waals surface area contributed by atoms with E-state index in [2.05, 4.69) is 16.7 Å². The number of ether oxygens (including phenoxy) is 2. The molecule has 2 aliphatic rings. The minimum absolute atomic E-state index is 0.123. The number of benzene rings is 1. The van der Waals surface area contributed by atoms with Gasteiger partial charge in [-0.2, -0.15) is 0 Å². The predicted molar refractivity (Wildman–Crippen MR) is 170 cm³/mol. The third kappa shape index (κ3) is 10.2. The molecule has 2 heterocycles. The van der Waals surface area contributed by atoms with Crippen LogP contribution in [0.3, 0.4) is 0 Å². The maximum absolute atomic E-state index is 13.9. The van der Waals surface area contributed by atoms with Crippen molar-refractivity contribution in [3.8, 4) is 0 Å². The van der Waals surface area contributed by atoms with Crippen molar-refractivity contribution >= 4 is 36.4 Å². The van der Waals surface area contributed by atoms with E-state index >= 15 is 0 Å². The molecule has 4 unspecified atom stereocenters. The zero-order chi connectivity index (χ0) is 33.4. The van der Waals surface area contributed by atoms with Crippen LogP contribution < -0.4 is 16.6 Å². The summed E-state index contributed by atoms with van der Waals surface area (Å²) in [6.45, 7) is 9.84. The number of nitrogens with zero attached hydrogens (tertiary/aromatic N) is 2. The molecule has 7 N–H and O–H groups in total. The highest BCUT2D eigenvalue weighted by Crippen LogP contribution is 2.45. The number of hydrogen-bond acceptors (Lipinski definition) is 14. The summed E-state index contributed by atoms with van der Waals surface area (Å²) in [6.07, 6.45) is -1.89.